The predicted octanol–water partition coefficient (Wildman–Crippen LogP) is 2.27. The molecule has 1 aromatic heterocycles. The highest BCUT2D eigenvalue weighted by molar-refractivity contribution is 7.90. The zero-order valence-corrected chi connectivity index (χ0v) is 11.6. The van der Waals surface area contributed by atoms with Crippen molar-refractivity contribution in [2.75, 3.05) is 0 Å². The first-order chi connectivity index (χ1) is 9.06. The summed E-state index contributed by atoms with van der Waals surface area (Å²) in [6.07, 6.45) is 5.40. The number of nitrogens with zero attached hydrogens (tertiary/aromatic N) is 2. The van der Waals surface area contributed by atoms with E-state index in [1.807, 2.05) is 24.3 Å². The maximum absolute atomic E-state index is 12.3. The van der Waals surface area contributed by atoms with Crippen molar-refractivity contribution in [1.82, 2.24) is 9.55 Å². The minimum atomic E-state index is -3.35. The molecule has 1 saturated carbocycles. The van der Waals surface area contributed by atoms with Crippen LogP contribution in [0.15, 0.2) is 41.8 Å². The van der Waals surface area contributed by atoms with Crippen molar-refractivity contribution in [2.24, 2.45) is 7.05 Å². The Balaban J connectivity index is 1.93. The Labute approximate surface area is 113 Å². The Kier molecular flexibility index (Phi) is 2.93. The molecule has 1 aliphatic carbocycles. The lowest BCUT2D eigenvalue weighted by atomic mass is 10.1. The summed E-state index contributed by atoms with van der Waals surface area (Å²) in [5.41, 5.74) is 2.10. The van der Waals surface area contributed by atoms with E-state index < -0.39 is 9.84 Å². The highest BCUT2D eigenvalue weighted by Crippen LogP contribution is 2.42. The van der Waals surface area contributed by atoms with Crippen LogP contribution in [-0.4, -0.2) is 18.0 Å². The van der Waals surface area contributed by atoms with Gasteiger partial charge in [0.15, 0.2) is 5.03 Å². The molecule has 0 unspecified atom stereocenters. The average Bonchev–Trinajstić information content (AvgIpc) is 3.11. The topological polar surface area (TPSA) is 52.0 Å². The lowest BCUT2D eigenvalue weighted by Gasteiger charge is -2.08. The van der Waals surface area contributed by atoms with Gasteiger partial charge in [0.2, 0.25) is 9.84 Å². The third-order valence-electron chi connectivity index (χ3n) is 3.42. The van der Waals surface area contributed by atoms with E-state index in [4.69, 9.17) is 0 Å². The van der Waals surface area contributed by atoms with Crippen molar-refractivity contribution in [3.63, 3.8) is 0 Å². The van der Waals surface area contributed by atoms with Crippen LogP contribution in [0.4, 0.5) is 0 Å². The predicted molar refractivity (Wildman–Crippen MR) is 72.5 cm³/mol. The van der Waals surface area contributed by atoms with Gasteiger partial charge in [-0.1, -0.05) is 24.3 Å². The number of imidazole rings is 1. The lowest BCUT2D eigenvalue weighted by Crippen LogP contribution is -2.07. The summed E-state index contributed by atoms with van der Waals surface area (Å²) in [4.78, 5) is 3.95. The van der Waals surface area contributed by atoms with Crippen molar-refractivity contribution in [1.29, 1.82) is 0 Å². The lowest BCUT2D eigenvalue weighted by molar-refractivity contribution is 0.592. The third kappa shape index (κ3) is 2.56. The second-order valence-corrected chi connectivity index (χ2v) is 7.05. The van der Waals surface area contributed by atoms with Crippen LogP contribution < -0.4 is 0 Å². The first kappa shape index (κ1) is 12.4. The van der Waals surface area contributed by atoms with Gasteiger partial charge in [-0.2, -0.15) is 0 Å². The van der Waals surface area contributed by atoms with Crippen molar-refractivity contribution in [3.05, 3.63) is 47.9 Å². The number of benzene rings is 1. The molecule has 0 aliphatic heterocycles. The second kappa shape index (κ2) is 4.49. The number of rotatable bonds is 4. The normalized spacial score (nSPS) is 15.6. The summed E-state index contributed by atoms with van der Waals surface area (Å²) in [6.45, 7) is 0. The van der Waals surface area contributed by atoms with Crippen LogP contribution in [0, 0.1) is 0 Å². The first-order valence-electron chi connectivity index (χ1n) is 6.35. The molecule has 1 aliphatic rings. The first-order valence-corrected chi connectivity index (χ1v) is 8.00. The standard InChI is InChI=1S/C14H16N2O2S/c1-16-8-14(15-10-16)19(17,18)9-12-4-2-3-5-13(12)11-6-7-11/h2-5,8,10-11H,6-7,9H2,1H3. The number of sulfone groups is 1. The minimum Gasteiger partial charge on any atom is -0.339 e. The summed E-state index contributed by atoms with van der Waals surface area (Å²) in [5.74, 6) is 0.589. The van der Waals surface area contributed by atoms with Gasteiger partial charge in [-0.3, -0.25) is 0 Å². The van der Waals surface area contributed by atoms with E-state index in [0.717, 1.165) is 5.56 Å². The maximum Gasteiger partial charge on any atom is 0.201 e. The molecule has 4 nitrogen and oxygen atoms in total. The number of hydrogen-bond acceptors (Lipinski definition) is 3. The average molecular weight is 276 g/mol. The zero-order valence-electron chi connectivity index (χ0n) is 10.8. The maximum atomic E-state index is 12.3. The molecular weight excluding hydrogens is 260 g/mol. The van der Waals surface area contributed by atoms with E-state index >= 15 is 0 Å². The molecule has 1 heterocycles. The molecule has 0 N–H and O–H groups in total. The van der Waals surface area contributed by atoms with E-state index in [0.29, 0.717) is 5.92 Å². The quantitative estimate of drug-likeness (QED) is 0.860. The molecule has 0 atom stereocenters. The van der Waals surface area contributed by atoms with Gasteiger partial charge >= 0.3 is 0 Å². The third-order valence-corrected chi connectivity index (χ3v) is 4.96. The summed E-state index contributed by atoms with van der Waals surface area (Å²) in [5, 5.41) is 0.153. The molecule has 0 bridgehead atoms. The molecule has 0 radical (unpaired) electrons. The molecular formula is C14H16N2O2S. The summed E-state index contributed by atoms with van der Waals surface area (Å²) >= 11 is 0. The van der Waals surface area contributed by atoms with Crippen LogP contribution in [0.2, 0.25) is 0 Å². The van der Waals surface area contributed by atoms with Crippen LogP contribution in [0.1, 0.15) is 29.9 Å². The van der Waals surface area contributed by atoms with Gasteiger partial charge in [0.05, 0.1) is 12.1 Å². The monoisotopic (exact) mass is 276 g/mol. The van der Waals surface area contributed by atoms with Crippen molar-refractivity contribution in [2.45, 2.75) is 29.5 Å². The SMILES string of the molecule is Cn1cnc(S(=O)(=O)Cc2ccccc2C2CC2)c1. The van der Waals surface area contributed by atoms with E-state index in [1.54, 1.807) is 17.8 Å². The molecule has 19 heavy (non-hydrogen) atoms. The highest BCUT2D eigenvalue weighted by Gasteiger charge is 2.28. The smallest absolute Gasteiger partial charge is 0.201 e. The molecule has 100 valence electrons. The van der Waals surface area contributed by atoms with Gasteiger partial charge < -0.3 is 4.57 Å². The molecule has 1 fully saturated rings. The Hall–Kier alpha value is -1.62. The zero-order chi connectivity index (χ0) is 13.5. The molecule has 1 aromatic carbocycles. The van der Waals surface area contributed by atoms with Crippen molar-refractivity contribution in [3.8, 4) is 0 Å². The Morgan fingerprint density at radius 3 is 2.68 bits per heavy atom. The van der Waals surface area contributed by atoms with Crippen LogP contribution >= 0.6 is 0 Å². The van der Waals surface area contributed by atoms with Crippen LogP contribution in [-0.2, 0) is 22.6 Å². The Morgan fingerprint density at radius 2 is 2.05 bits per heavy atom. The molecule has 0 saturated heterocycles. The van der Waals surface area contributed by atoms with E-state index in [1.165, 1.54) is 24.7 Å². The van der Waals surface area contributed by atoms with Crippen molar-refractivity contribution >= 4 is 9.84 Å². The molecule has 5 heteroatoms. The fourth-order valence-electron chi connectivity index (χ4n) is 2.29. The Bertz CT molecular complexity index is 700. The summed E-state index contributed by atoms with van der Waals surface area (Å²) in [6, 6.07) is 7.83. The summed E-state index contributed by atoms with van der Waals surface area (Å²) in [7, 11) is -1.58. The summed E-state index contributed by atoms with van der Waals surface area (Å²) < 4.78 is 26.3. The van der Waals surface area contributed by atoms with Gasteiger partial charge in [-0.25, -0.2) is 13.4 Å². The minimum absolute atomic E-state index is 0.0384. The van der Waals surface area contributed by atoms with Gasteiger partial charge in [-0.05, 0) is 29.9 Å². The Morgan fingerprint density at radius 1 is 1.32 bits per heavy atom. The fourth-order valence-corrected chi connectivity index (χ4v) is 3.64. The van der Waals surface area contributed by atoms with E-state index in [2.05, 4.69) is 4.98 Å². The molecule has 2 aromatic rings. The van der Waals surface area contributed by atoms with Gasteiger partial charge in [0.25, 0.3) is 0 Å². The van der Waals surface area contributed by atoms with E-state index in [9.17, 15) is 8.42 Å². The largest absolute Gasteiger partial charge is 0.339 e. The second-order valence-electron chi connectivity index (χ2n) is 5.11. The molecule has 0 amide bonds. The number of aryl methyl sites for hydroxylation is 1. The number of hydrogen-bond donors (Lipinski definition) is 0. The van der Waals surface area contributed by atoms with Crippen LogP contribution in [0.3, 0.4) is 0 Å². The van der Waals surface area contributed by atoms with Crippen molar-refractivity contribution < 1.29 is 8.42 Å². The fraction of sp³-hybridized carbons (Fsp3) is 0.357. The van der Waals surface area contributed by atoms with E-state index in [-0.39, 0.29) is 10.8 Å². The molecule has 0 spiro atoms. The van der Waals surface area contributed by atoms with Gasteiger partial charge in [-0.15, -0.1) is 0 Å². The van der Waals surface area contributed by atoms with Crippen LogP contribution in [0.5, 0.6) is 0 Å². The highest BCUT2D eigenvalue weighted by atomic mass is 32.2. The van der Waals surface area contributed by atoms with Gasteiger partial charge in [0, 0.05) is 13.2 Å². The van der Waals surface area contributed by atoms with Gasteiger partial charge in [0.1, 0.15) is 0 Å². The molecule has 3 rings (SSSR count). The number of aromatic nitrogens is 2. The van der Waals surface area contributed by atoms with Crippen LogP contribution in [0.25, 0.3) is 0 Å².